The molecule has 0 aliphatic carbocycles. The summed E-state index contributed by atoms with van der Waals surface area (Å²) in [5.41, 5.74) is 3.62. The van der Waals surface area contributed by atoms with E-state index in [9.17, 15) is 15.3 Å². The van der Waals surface area contributed by atoms with Crippen molar-refractivity contribution in [3.05, 3.63) is 101 Å². The van der Waals surface area contributed by atoms with Crippen molar-refractivity contribution < 1.29 is 29.5 Å². The van der Waals surface area contributed by atoms with Crippen molar-refractivity contribution in [1.29, 1.82) is 0 Å². The minimum absolute atomic E-state index is 0.0929. The molecule has 0 saturated carbocycles. The predicted molar refractivity (Wildman–Crippen MR) is 136 cm³/mol. The van der Waals surface area contributed by atoms with E-state index >= 15 is 0 Å². The third-order valence-electron chi connectivity index (χ3n) is 6.27. The molecule has 0 aromatic heterocycles. The van der Waals surface area contributed by atoms with Crippen LogP contribution in [-0.4, -0.2) is 21.9 Å². The first-order chi connectivity index (χ1) is 17.5. The van der Waals surface area contributed by atoms with Gasteiger partial charge in [0.15, 0.2) is 23.0 Å². The van der Waals surface area contributed by atoms with E-state index in [4.69, 9.17) is 14.2 Å². The van der Waals surface area contributed by atoms with Crippen molar-refractivity contribution in [2.45, 2.75) is 32.3 Å². The van der Waals surface area contributed by atoms with Crippen molar-refractivity contribution in [3.8, 4) is 40.2 Å². The van der Waals surface area contributed by atoms with Gasteiger partial charge < -0.3 is 29.5 Å². The molecule has 2 heterocycles. The monoisotopic (exact) mass is 484 g/mol. The van der Waals surface area contributed by atoms with E-state index in [1.165, 1.54) is 6.07 Å². The molecule has 0 radical (unpaired) electrons. The Kier molecular flexibility index (Phi) is 6.69. The first-order valence-electron chi connectivity index (χ1n) is 12.0. The van der Waals surface area contributed by atoms with Gasteiger partial charge in [0.25, 0.3) is 0 Å². The SMILES string of the molecule is CCO[C@H]1Cc2cccc(c2)Oc2c(O)cccc2CCc2ccc(cc2)Oc2cc1cc(O)c2O. The van der Waals surface area contributed by atoms with Crippen LogP contribution in [0.5, 0.6) is 40.2 Å². The summed E-state index contributed by atoms with van der Waals surface area (Å²) in [5.74, 6) is 1.24. The molecule has 2 aliphatic heterocycles. The average Bonchev–Trinajstić information content (AvgIpc) is 2.87. The van der Waals surface area contributed by atoms with Crippen molar-refractivity contribution >= 4 is 0 Å². The molecular formula is C30H28O6. The van der Waals surface area contributed by atoms with Crippen LogP contribution in [0.15, 0.2) is 78.9 Å². The van der Waals surface area contributed by atoms with Crippen LogP contribution in [0.1, 0.15) is 35.3 Å². The van der Waals surface area contributed by atoms with Crippen molar-refractivity contribution in [3.63, 3.8) is 0 Å². The zero-order chi connectivity index (χ0) is 25.1. The Hall–Kier alpha value is -4.16. The number of ether oxygens (including phenoxy) is 3. The number of hydrogen-bond acceptors (Lipinski definition) is 6. The second-order valence-electron chi connectivity index (χ2n) is 8.80. The van der Waals surface area contributed by atoms with Crippen molar-refractivity contribution in [2.75, 3.05) is 6.61 Å². The fraction of sp³-hybridized carbons (Fsp3) is 0.200. The molecule has 0 saturated heterocycles. The molecule has 6 heteroatoms. The normalized spacial score (nSPS) is 15.2. The largest absolute Gasteiger partial charge is 0.504 e. The molecule has 0 amide bonds. The van der Waals surface area contributed by atoms with Gasteiger partial charge in [0.1, 0.15) is 11.5 Å². The lowest BCUT2D eigenvalue weighted by atomic mass is 10.00. The fourth-order valence-corrected chi connectivity index (χ4v) is 4.44. The summed E-state index contributed by atoms with van der Waals surface area (Å²) in [6.45, 7) is 2.37. The number of phenolic OH excluding ortho intramolecular Hbond substituents is 3. The van der Waals surface area contributed by atoms with E-state index in [-0.39, 0.29) is 23.0 Å². The molecule has 6 nitrogen and oxygen atoms in total. The number of benzene rings is 4. The Bertz CT molecular complexity index is 1360. The van der Waals surface area contributed by atoms with Crippen LogP contribution in [0.2, 0.25) is 0 Å². The average molecular weight is 485 g/mol. The minimum Gasteiger partial charge on any atom is -0.504 e. The van der Waals surface area contributed by atoms with Crippen LogP contribution in [-0.2, 0) is 24.0 Å². The van der Waals surface area contributed by atoms with Gasteiger partial charge in [0.2, 0.25) is 5.75 Å². The maximum atomic E-state index is 10.6. The summed E-state index contributed by atoms with van der Waals surface area (Å²) in [6, 6.07) is 23.8. The van der Waals surface area contributed by atoms with Crippen molar-refractivity contribution in [1.82, 2.24) is 0 Å². The molecule has 2 aliphatic rings. The lowest BCUT2D eigenvalue weighted by molar-refractivity contribution is 0.0624. The second kappa shape index (κ2) is 10.2. The van der Waals surface area contributed by atoms with Crippen LogP contribution in [0.25, 0.3) is 0 Å². The van der Waals surface area contributed by atoms with Gasteiger partial charge in [-0.25, -0.2) is 0 Å². The van der Waals surface area contributed by atoms with Crippen LogP contribution < -0.4 is 9.47 Å². The highest BCUT2D eigenvalue weighted by atomic mass is 16.5. The second-order valence-corrected chi connectivity index (χ2v) is 8.80. The molecule has 6 rings (SSSR count). The minimum atomic E-state index is -0.402. The highest BCUT2D eigenvalue weighted by Gasteiger charge is 2.20. The number of aromatic hydroxyl groups is 3. The predicted octanol–water partition coefficient (Wildman–Crippen LogP) is 6.81. The maximum Gasteiger partial charge on any atom is 0.201 e. The number of fused-ring (bicyclic) bond motifs is 4. The summed E-state index contributed by atoms with van der Waals surface area (Å²) in [5, 5.41) is 31.5. The number of hydrogen-bond donors (Lipinski definition) is 3. The molecule has 0 spiro atoms. The van der Waals surface area contributed by atoms with E-state index in [2.05, 4.69) is 0 Å². The number of para-hydroxylation sites is 1. The summed E-state index contributed by atoms with van der Waals surface area (Å²) < 4.78 is 18.2. The Morgan fingerprint density at radius 3 is 2.39 bits per heavy atom. The van der Waals surface area contributed by atoms with Gasteiger partial charge in [-0.1, -0.05) is 36.4 Å². The van der Waals surface area contributed by atoms with Gasteiger partial charge in [-0.15, -0.1) is 0 Å². The van der Waals surface area contributed by atoms with Crippen LogP contribution in [0.3, 0.4) is 0 Å². The molecule has 1 atom stereocenters. The summed E-state index contributed by atoms with van der Waals surface area (Å²) in [7, 11) is 0. The zero-order valence-electron chi connectivity index (χ0n) is 20.0. The molecule has 3 N–H and O–H groups in total. The van der Waals surface area contributed by atoms with Gasteiger partial charge in [0, 0.05) is 13.0 Å². The van der Waals surface area contributed by atoms with Crippen LogP contribution in [0.4, 0.5) is 0 Å². The van der Waals surface area contributed by atoms with Gasteiger partial charge in [-0.05, 0) is 84.5 Å². The molecule has 4 aromatic carbocycles. The smallest absolute Gasteiger partial charge is 0.201 e. The van der Waals surface area contributed by atoms with Crippen LogP contribution in [0, 0.1) is 0 Å². The topological polar surface area (TPSA) is 88.4 Å². The number of phenols is 3. The van der Waals surface area contributed by atoms with E-state index < -0.39 is 6.10 Å². The maximum absolute atomic E-state index is 10.6. The van der Waals surface area contributed by atoms with Crippen LogP contribution >= 0.6 is 0 Å². The standard InChI is InChI=1S/C30H28O6/c1-2-34-27-16-20-5-3-7-24(15-20)36-30-21(6-4-8-25(30)31)12-9-19-10-13-23(14-11-19)35-28-18-22(27)17-26(32)29(28)33/h3-8,10-11,13-15,17-18,27,31-33H,2,9,12,16H2,1H3/t27-/m0/s1. The van der Waals surface area contributed by atoms with Gasteiger partial charge in [-0.3, -0.25) is 0 Å². The van der Waals surface area contributed by atoms with Gasteiger partial charge >= 0.3 is 0 Å². The summed E-state index contributed by atoms with van der Waals surface area (Å²) >= 11 is 0. The van der Waals surface area contributed by atoms with Crippen molar-refractivity contribution in [2.24, 2.45) is 0 Å². The highest BCUT2D eigenvalue weighted by molar-refractivity contribution is 5.54. The molecule has 0 unspecified atom stereocenters. The first kappa shape index (κ1) is 23.6. The highest BCUT2D eigenvalue weighted by Crippen LogP contribution is 2.42. The van der Waals surface area contributed by atoms with E-state index in [0.717, 1.165) is 23.1 Å². The fourth-order valence-electron chi connectivity index (χ4n) is 4.44. The summed E-state index contributed by atoms with van der Waals surface area (Å²) in [6.07, 6.45) is 1.50. The molecule has 4 aromatic rings. The molecule has 6 bridgehead atoms. The summed E-state index contributed by atoms with van der Waals surface area (Å²) in [4.78, 5) is 0. The molecular weight excluding hydrogens is 456 g/mol. The number of aryl methyl sites for hydroxylation is 2. The number of rotatable bonds is 2. The lowest BCUT2D eigenvalue weighted by Gasteiger charge is -2.20. The Morgan fingerprint density at radius 2 is 1.58 bits per heavy atom. The lowest BCUT2D eigenvalue weighted by Crippen LogP contribution is -2.08. The Labute approximate surface area is 210 Å². The zero-order valence-corrected chi connectivity index (χ0v) is 20.0. The van der Waals surface area contributed by atoms with Gasteiger partial charge in [-0.2, -0.15) is 0 Å². The van der Waals surface area contributed by atoms with E-state index in [1.54, 1.807) is 12.1 Å². The quantitative estimate of drug-likeness (QED) is 0.271. The van der Waals surface area contributed by atoms with E-state index in [0.29, 0.717) is 42.3 Å². The third-order valence-corrected chi connectivity index (χ3v) is 6.27. The van der Waals surface area contributed by atoms with Gasteiger partial charge in [0.05, 0.1) is 6.10 Å². The molecule has 0 fully saturated rings. The first-order valence-corrected chi connectivity index (χ1v) is 12.0. The Balaban J connectivity index is 1.60. The third kappa shape index (κ3) is 5.09. The molecule has 36 heavy (non-hydrogen) atoms. The Morgan fingerprint density at radius 1 is 0.778 bits per heavy atom. The van der Waals surface area contributed by atoms with E-state index in [1.807, 2.05) is 67.6 Å². The molecule has 184 valence electrons.